The molecule has 0 amide bonds. The van der Waals surface area contributed by atoms with Gasteiger partial charge in [-0.3, -0.25) is 0 Å². The zero-order chi connectivity index (χ0) is 32.3. The summed E-state index contributed by atoms with van der Waals surface area (Å²) in [5, 5.41) is 7.51. The Balaban J connectivity index is 1.21. The summed E-state index contributed by atoms with van der Waals surface area (Å²) in [6, 6.07) is 53.1. The standard InChI is InChI=1S/C46H35NOS/c1-2-12-31(13-3-1)36-19-9-20-37-38-21-10-23-41(46(38)49-45(36)37)47(40-22-11-25-43-44(40)39-17-6-7-24-42(39)48-43)33-28-26-32(27-29-33)35-18-8-15-30-14-4-5-16-34(30)35/h4-11,14-29,31H,1-3,12-13H2. The zero-order valence-electron chi connectivity index (χ0n) is 27.2. The van der Waals surface area contributed by atoms with Gasteiger partial charge in [-0.05, 0) is 82.6 Å². The van der Waals surface area contributed by atoms with Crippen molar-refractivity contribution in [2.45, 2.75) is 38.0 Å². The Labute approximate surface area is 289 Å². The van der Waals surface area contributed by atoms with Crippen LogP contribution in [0.3, 0.4) is 0 Å². The topological polar surface area (TPSA) is 16.4 Å². The first kappa shape index (κ1) is 28.6. The van der Waals surface area contributed by atoms with E-state index in [1.807, 2.05) is 11.3 Å². The number of benzene rings is 7. The van der Waals surface area contributed by atoms with Crippen LogP contribution >= 0.6 is 11.3 Å². The van der Waals surface area contributed by atoms with Gasteiger partial charge in [-0.2, -0.15) is 0 Å². The molecule has 0 bridgehead atoms. The normalized spacial score (nSPS) is 14.0. The molecule has 7 aromatic carbocycles. The molecule has 0 unspecified atom stereocenters. The molecule has 2 nitrogen and oxygen atoms in total. The molecule has 1 fully saturated rings. The summed E-state index contributed by atoms with van der Waals surface area (Å²) in [6.07, 6.45) is 6.63. The first-order valence-electron chi connectivity index (χ1n) is 17.5. The third-order valence-corrected chi connectivity index (χ3v) is 12.0. The van der Waals surface area contributed by atoms with Gasteiger partial charge in [0.05, 0.1) is 21.5 Å². The molecule has 2 aromatic heterocycles. The highest BCUT2D eigenvalue weighted by Crippen LogP contribution is 2.50. The van der Waals surface area contributed by atoms with Gasteiger partial charge in [0.1, 0.15) is 11.2 Å². The third kappa shape index (κ3) is 4.68. The summed E-state index contributed by atoms with van der Waals surface area (Å²) in [5.74, 6) is 0.651. The van der Waals surface area contributed by atoms with Crippen LogP contribution in [0.4, 0.5) is 17.1 Å². The first-order valence-corrected chi connectivity index (χ1v) is 18.4. The van der Waals surface area contributed by atoms with Gasteiger partial charge in [0.2, 0.25) is 0 Å². The molecule has 1 aliphatic rings. The van der Waals surface area contributed by atoms with Gasteiger partial charge in [-0.15, -0.1) is 11.3 Å². The average Bonchev–Trinajstić information content (AvgIpc) is 3.75. The predicted molar refractivity (Wildman–Crippen MR) is 210 cm³/mol. The maximum Gasteiger partial charge on any atom is 0.137 e. The molecule has 10 rings (SSSR count). The van der Waals surface area contributed by atoms with Gasteiger partial charge in [0.25, 0.3) is 0 Å². The lowest BCUT2D eigenvalue weighted by Crippen LogP contribution is -2.10. The highest BCUT2D eigenvalue weighted by Gasteiger charge is 2.24. The van der Waals surface area contributed by atoms with Gasteiger partial charge >= 0.3 is 0 Å². The zero-order valence-corrected chi connectivity index (χ0v) is 28.0. The average molecular weight is 650 g/mol. The molecule has 3 heteroatoms. The van der Waals surface area contributed by atoms with Gasteiger partial charge in [-0.1, -0.05) is 128 Å². The number of thiophene rings is 1. The molecule has 0 aliphatic heterocycles. The van der Waals surface area contributed by atoms with Crippen molar-refractivity contribution in [2.24, 2.45) is 0 Å². The predicted octanol–water partition coefficient (Wildman–Crippen LogP) is 14.3. The molecule has 1 saturated carbocycles. The molecular formula is C46H35NOS. The summed E-state index contributed by atoms with van der Waals surface area (Å²) in [7, 11) is 0. The van der Waals surface area contributed by atoms with Crippen molar-refractivity contribution in [3.05, 3.63) is 151 Å². The van der Waals surface area contributed by atoms with Gasteiger partial charge in [0, 0.05) is 26.5 Å². The van der Waals surface area contributed by atoms with E-state index >= 15 is 0 Å². The Bertz CT molecular complexity index is 2650. The first-order chi connectivity index (χ1) is 24.3. The molecule has 1 aliphatic carbocycles. The van der Waals surface area contributed by atoms with Crippen LogP contribution in [0.1, 0.15) is 43.6 Å². The number of hydrogen-bond acceptors (Lipinski definition) is 3. The van der Waals surface area contributed by atoms with Crippen molar-refractivity contribution in [3.8, 4) is 11.1 Å². The second kappa shape index (κ2) is 11.6. The fourth-order valence-electron chi connectivity index (χ4n) is 8.36. The fraction of sp³-hybridized carbons (Fsp3) is 0.130. The summed E-state index contributed by atoms with van der Waals surface area (Å²) in [4.78, 5) is 2.47. The van der Waals surface area contributed by atoms with E-state index in [9.17, 15) is 0 Å². The maximum atomic E-state index is 6.43. The minimum absolute atomic E-state index is 0.651. The Hall–Kier alpha value is -5.38. The van der Waals surface area contributed by atoms with E-state index in [0.717, 1.165) is 33.3 Å². The Morgan fingerprint density at radius 2 is 1.16 bits per heavy atom. The van der Waals surface area contributed by atoms with Crippen molar-refractivity contribution in [2.75, 3.05) is 4.90 Å². The van der Waals surface area contributed by atoms with Crippen molar-refractivity contribution in [3.63, 3.8) is 0 Å². The summed E-state index contributed by atoms with van der Waals surface area (Å²) in [6.45, 7) is 0. The van der Waals surface area contributed by atoms with Crippen LogP contribution in [-0.2, 0) is 0 Å². The van der Waals surface area contributed by atoms with Crippen molar-refractivity contribution in [1.82, 2.24) is 0 Å². The molecule has 236 valence electrons. The monoisotopic (exact) mass is 649 g/mol. The quantitative estimate of drug-likeness (QED) is 0.184. The molecular weight excluding hydrogens is 615 g/mol. The number of anilines is 3. The van der Waals surface area contributed by atoms with Gasteiger partial charge < -0.3 is 9.32 Å². The Kier molecular flexibility index (Phi) is 6.80. The number of rotatable bonds is 5. The number of furan rings is 1. The van der Waals surface area contributed by atoms with Gasteiger partial charge in [0.15, 0.2) is 0 Å². The van der Waals surface area contributed by atoms with Crippen LogP contribution in [0.5, 0.6) is 0 Å². The number of fused-ring (bicyclic) bond motifs is 7. The van der Waals surface area contributed by atoms with E-state index in [4.69, 9.17) is 4.42 Å². The molecule has 0 saturated heterocycles. The molecule has 9 aromatic rings. The number of hydrogen-bond donors (Lipinski definition) is 0. The highest BCUT2D eigenvalue weighted by atomic mass is 32.1. The smallest absolute Gasteiger partial charge is 0.137 e. The van der Waals surface area contributed by atoms with Crippen LogP contribution < -0.4 is 4.90 Å². The maximum absolute atomic E-state index is 6.43. The minimum atomic E-state index is 0.651. The van der Waals surface area contributed by atoms with Crippen LogP contribution in [0.25, 0.3) is 64.0 Å². The lowest BCUT2D eigenvalue weighted by atomic mass is 9.84. The largest absolute Gasteiger partial charge is 0.456 e. The van der Waals surface area contributed by atoms with E-state index in [0.29, 0.717) is 5.92 Å². The van der Waals surface area contributed by atoms with Crippen molar-refractivity contribution >= 4 is 81.3 Å². The lowest BCUT2D eigenvalue weighted by Gasteiger charge is -2.27. The molecule has 2 heterocycles. The fourth-order valence-corrected chi connectivity index (χ4v) is 9.75. The highest BCUT2D eigenvalue weighted by molar-refractivity contribution is 7.26. The van der Waals surface area contributed by atoms with E-state index in [2.05, 4.69) is 150 Å². The third-order valence-electron chi connectivity index (χ3n) is 10.7. The summed E-state index contributed by atoms with van der Waals surface area (Å²) >= 11 is 1.97. The van der Waals surface area contributed by atoms with Crippen LogP contribution in [0, 0.1) is 0 Å². The number of nitrogens with zero attached hydrogens (tertiary/aromatic N) is 1. The summed E-state index contributed by atoms with van der Waals surface area (Å²) < 4.78 is 9.20. The minimum Gasteiger partial charge on any atom is -0.456 e. The Morgan fingerprint density at radius 1 is 0.510 bits per heavy atom. The van der Waals surface area contributed by atoms with E-state index < -0.39 is 0 Å². The molecule has 0 spiro atoms. The van der Waals surface area contributed by atoms with E-state index in [-0.39, 0.29) is 0 Å². The van der Waals surface area contributed by atoms with E-state index in [1.165, 1.54) is 79.9 Å². The Morgan fingerprint density at radius 3 is 2.04 bits per heavy atom. The van der Waals surface area contributed by atoms with Crippen LogP contribution in [-0.4, -0.2) is 0 Å². The van der Waals surface area contributed by atoms with Crippen molar-refractivity contribution < 1.29 is 4.42 Å². The summed E-state index contributed by atoms with van der Waals surface area (Å²) in [5.41, 5.74) is 9.26. The SMILES string of the molecule is c1ccc2c(-c3ccc(N(c4cccc5c4sc4c(C6CCCCC6)cccc45)c4cccc5oc6ccccc6c45)cc3)cccc2c1. The van der Waals surface area contributed by atoms with Crippen molar-refractivity contribution in [1.29, 1.82) is 0 Å². The van der Waals surface area contributed by atoms with Gasteiger partial charge in [-0.25, -0.2) is 0 Å². The molecule has 0 atom stereocenters. The lowest BCUT2D eigenvalue weighted by molar-refractivity contribution is 0.446. The molecule has 49 heavy (non-hydrogen) atoms. The molecule has 0 radical (unpaired) electrons. The van der Waals surface area contributed by atoms with Crippen LogP contribution in [0.15, 0.2) is 150 Å². The second-order valence-electron chi connectivity index (χ2n) is 13.5. The van der Waals surface area contributed by atoms with Crippen LogP contribution in [0.2, 0.25) is 0 Å². The molecule has 0 N–H and O–H groups in total. The second-order valence-corrected chi connectivity index (χ2v) is 14.5. The van der Waals surface area contributed by atoms with E-state index in [1.54, 1.807) is 5.56 Å². The number of para-hydroxylation sites is 1.